The molecule has 1 heterocycles. The molecule has 0 atom stereocenters. The molecule has 1 aliphatic heterocycles. The molecule has 0 unspecified atom stereocenters. The molecule has 0 saturated carbocycles. The highest BCUT2D eigenvalue weighted by molar-refractivity contribution is 6.06. The summed E-state index contributed by atoms with van der Waals surface area (Å²) in [7, 11) is 0. The maximum atomic E-state index is 13.5. The second kappa shape index (κ2) is 5.48. The van der Waals surface area contributed by atoms with Gasteiger partial charge in [-0.05, 0) is 42.8 Å². The lowest BCUT2D eigenvalue weighted by atomic mass is 10.1. The van der Waals surface area contributed by atoms with Gasteiger partial charge in [-0.15, -0.1) is 0 Å². The Hall–Kier alpha value is -2.89. The minimum atomic E-state index is -0.397. The Morgan fingerprint density at radius 3 is 2.86 bits per heavy atom. The summed E-state index contributed by atoms with van der Waals surface area (Å²) in [5.41, 5.74) is 1.65. The van der Waals surface area contributed by atoms with Gasteiger partial charge in [0.2, 0.25) is 0 Å². The van der Waals surface area contributed by atoms with Crippen molar-refractivity contribution in [2.24, 2.45) is 0 Å². The van der Waals surface area contributed by atoms with Crippen LogP contribution in [0.1, 0.15) is 15.9 Å². The highest BCUT2D eigenvalue weighted by Crippen LogP contribution is 2.28. The zero-order valence-corrected chi connectivity index (χ0v) is 11.8. The molecule has 1 aliphatic rings. The van der Waals surface area contributed by atoms with Gasteiger partial charge in [0.05, 0.1) is 5.69 Å². The van der Waals surface area contributed by atoms with Crippen LogP contribution in [0.3, 0.4) is 0 Å². The highest BCUT2D eigenvalue weighted by Gasteiger charge is 2.18. The number of rotatable bonds is 2. The maximum Gasteiger partial charge on any atom is 0.262 e. The first-order chi connectivity index (χ1) is 10.5. The van der Waals surface area contributed by atoms with Crippen LogP contribution in [0.4, 0.5) is 15.8 Å². The average molecular weight is 300 g/mol. The number of benzene rings is 2. The quantitative estimate of drug-likeness (QED) is 0.896. The van der Waals surface area contributed by atoms with Crippen LogP contribution in [-0.2, 0) is 4.79 Å². The van der Waals surface area contributed by atoms with Crippen LogP contribution in [0.15, 0.2) is 36.4 Å². The lowest BCUT2D eigenvalue weighted by molar-refractivity contribution is -0.118. The lowest BCUT2D eigenvalue weighted by Gasteiger charge is -2.18. The van der Waals surface area contributed by atoms with Crippen molar-refractivity contribution in [2.75, 3.05) is 17.2 Å². The summed E-state index contributed by atoms with van der Waals surface area (Å²) in [4.78, 5) is 23.5. The molecule has 6 heteroatoms. The zero-order valence-electron chi connectivity index (χ0n) is 11.8. The Morgan fingerprint density at radius 1 is 1.27 bits per heavy atom. The second-order valence-corrected chi connectivity index (χ2v) is 4.97. The normalized spacial score (nSPS) is 12.9. The fourth-order valence-electron chi connectivity index (χ4n) is 2.10. The molecule has 0 aromatic heterocycles. The number of aryl methyl sites for hydroxylation is 1. The van der Waals surface area contributed by atoms with Crippen molar-refractivity contribution in [3.63, 3.8) is 0 Å². The van der Waals surface area contributed by atoms with E-state index in [1.165, 1.54) is 12.1 Å². The largest absolute Gasteiger partial charge is 0.482 e. The number of carbonyl (C=O) groups is 2. The Balaban J connectivity index is 1.81. The van der Waals surface area contributed by atoms with E-state index in [2.05, 4.69) is 10.6 Å². The maximum absolute atomic E-state index is 13.5. The van der Waals surface area contributed by atoms with Crippen LogP contribution >= 0.6 is 0 Å². The first-order valence-corrected chi connectivity index (χ1v) is 6.67. The summed E-state index contributed by atoms with van der Waals surface area (Å²) in [6, 6.07) is 9.18. The van der Waals surface area contributed by atoms with E-state index in [4.69, 9.17) is 4.74 Å². The van der Waals surface area contributed by atoms with Crippen molar-refractivity contribution in [3.8, 4) is 5.75 Å². The molecule has 0 radical (unpaired) electrons. The molecular formula is C16H13FN2O3. The fourth-order valence-corrected chi connectivity index (χ4v) is 2.10. The van der Waals surface area contributed by atoms with Gasteiger partial charge in [0, 0.05) is 11.3 Å². The number of nitrogens with one attached hydrogen (secondary N) is 2. The third-order valence-electron chi connectivity index (χ3n) is 3.30. The summed E-state index contributed by atoms with van der Waals surface area (Å²) in [5.74, 6) is -0.544. The van der Waals surface area contributed by atoms with Crippen molar-refractivity contribution in [1.29, 1.82) is 0 Å². The van der Waals surface area contributed by atoms with Gasteiger partial charge in [-0.25, -0.2) is 4.39 Å². The van der Waals surface area contributed by atoms with Crippen LogP contribution in [0.25, 0.3) is 0 Å². The number of carbonyl (C=O) groups excluding carboxylic acids is 2. The summed E-state index contributed by atoms with van der Waals surface area (Å²) in [6.07, 6.45) is 0. The van der Waals surface area contributed by atoms with E-state index in [-0.39, 0.29) is 18.3 Å². The van der Waals surface area contributed by atoms with Crippen LogP contribution in [0.5, 0.6) is 5.75 Å². The fraction of sp³-hybridized carbons (Fsp3) is 0.125. The summed E-state index contributed by atoms with van der Waals surface area (Å²) < 4.78 is 18.7. The molecule has 3 rings (SSSR count). The van der Waals surface area contributed by atoms with Crippen LogP contribution in [-0.4, -0.2) is 18.4 Å². The van der Waals surface area contributed by atoms with E-state index in [1.807, 2.05) is 0 Å². The predicted molar refractivity (Wildman–Crippen MR) is 79.7 cm³/mol. The molecule has 0 bridgehead atoms. The topological polar surface area (TPSA) is 67.4 Å². The molecule has 2 aromatic carbocycles. The Morgan fingerprint density at radius 2 is 2.09 bits per heavy atom. The van der Waals surface area contributed by atoms with Crippen LogP contribution in [0.2, 0.25) is 0 Å². The van der Waals surface area contributed by atoms with E-state index >= 15 is 0 Å². The SMILES string of the molecule is Cc1ccc(NC(=O)c2ccc3c(c2)NC(=O)CO3)cc1F. The second-order valence-electron chi connectivity index (χ2n) is 4.97. The Labute approximate surface area is 126 Å². The Bertz CT molecular complexity index is 774. The van der Waals surface area contributed by atoms with Crippen molar-refractivity contribution in [3.05, 3.63) is 53.3 Å². The molecule has 2 aromatic rings. The molecular weight excluding hydrogens is 287 g/mol. The number of amides is 2. The standard InChI is InChI=1S/C16H13FN2O3/c1-9-2-4-11(7-12(9)17)18-16(21)10-3-5-14-13(6-10)19-15(20)8-22-14/h2-7H,8H2,1H3,(H,18,21)(H,19,20). The monoisotopic (exact) mass is 300 g/mol. The molecule has 5 nitrogen and oxygen atoms in total. The molecule has 22 heavy (non-hydrogen) atoms. The summed E-state index contributed by atoms with van der Waals surface area (Å²) in [6.45, 7) is 1.61. The minimum Gasteiger partial charge on any atom is -0.482 e. The third-order valence-corrected chi connectivity index (χ3v) is 3.30. The molecule has 2 amide bonds. The molecule has 0 spiro atoms. The smallest absolute Gasteiger partial charge is 0.262 e. The average Bonchev–Trinajstić information content (AvgIpc) is 2.50. The third kappa shape index (κ3) is 2.76. The minimum absolute atomic E-state index is 0.0405. The molecule has 0 fully saturated rings. The van der Waals surface area contributed by atoms with E-state index in [0.29, 0.717) is 28.3 Å². The van der Waals surface area contributed by atoms with Gasteiger partial charge in [-0.2, -0.15) is 0 Å². The highest BCUT2D eigenvalue weighted by atomic mass is 19.1. The van der Waals surface area contributed by atoms with Gasteiger partial charge < -0.3 is 15.4 Å². The van der Waals surface area contributed by atoms with E-state index in [0.717, 1.165) is 0 Å². The lowest BCUT2D eigenvalue weighted by Crippen LogP contribution is -2.25. The molecule has 2 N–H and O–H groups in total. The van der Waals surface area contributed by atoms with E-state index in [9.17, 15) is 14.0 Å². The van der Waals surface area contributed by atoms with Gasteiger partial charge >= 0.3 is 0 Å². The van der Waals surface area contributed by atoms with Crippen molar-refractivity contribution < 1.29 is 18.7 Å². The van der Waals surface area contributed by atoms with Gasteiger partial charge in [0.25, 0.3) is 11.8 Å². The zero-order chi connectivity index (χ0) is 15.7. The van der Waals surface area contributed by atoms with Crippen molar-refractivity contribution in [2.45, 2.75) is 6.92 Å². The van der Waals surface area contributed by atoms with E-state index in [1.54, 1.807) is 31.2 Å². The summed E-state index contributed by atoms with van der Waals surface area (Å²) >= 11 is 0. The first kappa shape index (κ1) is 14.1. The van der Waals surface area contributed by atoms with Crippen molar-refractivity contribution >= 4 is 23.2 Å². The van der Waals surface area contributed by atoms with Gasteiger partial charge in [-0.3, -0.25) is 9.59 Å². The first-order valence-electron chi connectivity index (χ1n) is 6.67. The predicted octanol–water partition coefficient (Wildman–Crippen LogP) is 2.72. The van der Waals surface area contributed by atoms with Gasteiger partial charge in [-0.1, -0.05) is 6.07 Å². The number of halogens is 1. The number of fused-ring (bicyclic) bond motifs is 1. The molecule has 112 valence electrons. The van der Waals surface area contributed by atoms with Gasteiger partial charge in [0.1, 0.15) is 11.6 Å². The van der Waals surface area contributed by atoms with Crippen LogP contribution < -0.4 is 15.4 Å². The van der Waals surface area contributed by atoms with Crippen molar-refractivity contribution in [1.82, 2.24) is 0 Å². The summed E-state index contributed by atoms with van der Waals surface area (Å²) in [5, 5.41) is 5.24. The van der Waals surface area contributed by atoms with Crippen LogP contribution in [0, 0.1) is 12.7 Å². The Kier molecular flexibility index (Phi) is 3.50. The number of hydrogen-bond acceptors (Lipinski definition) is 3. The van der Waals surface area contributed by atoms with Gasteiger partial charge in [0.15, 0.2) is 6.61 Å². The number of hydrogen-bond donors (Lipinski definition) is 2. The van der Waals surface area contributed by atoms with E-state index < -0.39 is 5.91 Å². The number of anilines is 2. The number of ether oxygens (including phenoxy) is 1. The molecule has 0 aliphatic carbocycles. The molecule has 0 saturated heterocycles.